The summed E-state index contributed by atoms with van der Waals surface area (Å²) in [6, 6.07) is 10.7. The number of aromatic nitrogens is 2. The highest BCUT2D eigenvalue weighted by molar-refractivity contribution is 5.92. The maximum absolute atomic E-state index is 13.6. The van der Waals surface area contributed by atoms with E-state index in [1.807, 2.05) is 24.3 Å². The summed E-state index contributed by atoms with van der Waals surface area (Å²) < 4.78 is 31.7. The summed E-state index contributed by atoms with van der Waals surface area (Å²) in [4.78, 5) is 20.2. The number of amides is 1. The average molecular weight is 384 g/mol. The Bertz CT molecular complexity index is 965. The lowest BCUT2D eigenvalue weighted by molar-refractivity contribution is 0.0949. The van der Waals surface area contributed by atoms with E-state index in [1.165, 1.54) is 18.5 Å². The minimum absolute atomic E-state index is 0.0613. The second kappa shape index (κ2) is 8.90. The highest BCUT2D eigenvalue weighted by atomic mass is 19.1. The molecule has 0 aliphatic heterocycles. The molecule has 1 amide bonds. The lowest BCUT2D eigenvalue weighted by Crippen LogP contribution is -2.26. The Morgan fingerprint density at radius 2 is 1.96 bits per heavy atom. The third-order valence-electron chi connectivity index (χ3n) is 3.91. The molecule has 3 rings (SSSR count). The molecule has 3 aromatic rings. The van der Waals surface area contributed by atoms with Gasteiger partial charge in [-0.2, -0.15) is 0 Å². The van der Waals surface area contributed by atoms with Gasteiger partial charge in [0, 0.05) is 12.6 Å². The predicted molar refractivity (Wildman–Crippen MR) is 101 cm³/mol. The lowest BCUT2D eigenvalue weighted by atomic mass is 10.1. The third-order valence-corrected chi connectivity index (χ3v) is 3.91. The number of ether oxygens (including phenoxy) is 1. The minimum Gasteiger partial charge on any atom is -0.497 e. The van der Waals surface area contributed by atoms with E-state index in [4.69, 9.17) is 4.74 Å². The number of anilines is 2. The normalized spacial score (nSPS) is 10.4. The molecule has 6 nitrogen and oxygen atoms in total. The molecule has 0 aliphatic carbocycles. The highest BCUT2D eigenvalue weighted by Gasteiger charge is 2.09. The fourth-order valence-electron chi connectivity index (χ4n) is 2.48. The van der Waals surface area contributed by atoms with E-state index in [2.05, 4.69) is 20.6 Å². The molecule has 0 saturated heterocycles. The van der Waals surface area contributed by atoms with Gasteiger partial charge in [0.2, 0.25) is 0 Å². The standard InChI is InChI=1S/C20H18F2N4O2/c1-28-15-4-2-3-13(9-15)7-8-23-20(27)18-11-25-19(12-24-18)26-17-6-5-14(21)10-16(17)22/h2-6,9-12H,7-8H2,1H3,(H,23,27)(H,25,26). The SMILES string of the molecule is COc1cccc(CCNC(=O)c2cnc(Nc3ccc(F)cc3F)cn2)c1. The number of carbonyl (C=O) groups excluding carboxylic acids is 1. The topological polar surface area (TPSA) is 76.1 Å². The zero-order valence-corrected chi connectivity index (χ0v) is 15.1. The van der Waals surface area contributed by atoms with Crippen LogP contribution in [0.5, 0.6) is 5.75 Å². The number of methoxy groups -OCH3 is 1. The van der Waals surface area contributed by atoms with Crippen LogP contribution in [0.25, 0.3) is 0 Å². The maximum Gasteiger partial charge on any atom is 0.271 e. The number of nitrogens with one attached hydrogen (secondary N) is 2. The van der Waals surface area contributed by atoms with Gasteiger partial charge in [0.25, 0.3) is 5.91 Å². The lowest BCUT2D eigenvalue weighted by Gasteiger charge is -2.08. The Hall–Kier alpha value is -3.55. The monoisotopic (exact) mass is 384 g/mol. The van der Waals surface area contributed by atoms with E-state index >= 15 is 0 Å². The molecule has 1 heterocycles. The van der Waals surface area contributed by atoms with Crippen LogP contribution >= 0.6 is 0 Å². The Labute approximate surface area is 160 Å². The largest absolute Gasteiger partial charge is 0.497 e. The van der Waals surface area contributed by atoms with Crippen molar-refractivity contribution in [2.45, 2.75) is 6.42 Å². The molecule has 0 fully saturated rings. The van der Waals surface area contributed by atoms with Gasteiger partial charge in [0.05, 0.1) is 25.2 Å². The number of nitrogens with zero attached hydrogens (tertiary/aromatic N) is 2. The van der Waals surface area contributed by atoms with Crippen molar-refractivity contribution in [3.05, 3.63) is 77.8 Å². The number of halogens is 2. The van der Waals surface area contributed by atoms with Crippen LogP contribution in [0.15, 0.2) is 54.9 Å². The number of benzene rings is 2. The molecule has 0 unspecified atom stereocenters. The molecular weight excluding hydrogens is 366 g/mol. The van der Waals surface area contributed by atoms with E-state index in [0.717, 1.165) is 23.4 Å². The van der Waals surface area contributed by atoms with Crippen LogP contribution < -0.4 is 15.4 Å². The van der Waals surface area contributed by atoms with Crippen molar-refractivity contribution in [1.29, 1.82) is 0 Å². The van der Waals surface area contributed by atoms with E-state index in [0.29, 0.717) is 13.0 Å². The van der Waals surface area contributed by atoms with Gasteiger partial charge in [-0.15, -0.1) is 0 Å². The number of carbonyl (C=O) groups is 1. The van der Waals surface area contributed by atoms with Crippen molar-refractivity contribution in [1.82, 2.24) is 15.3 Å². The summed E-state index contributed by atoms with van der Waals surface area (Å²) in [6.45, 7) is 0.425. The fourth-order valence-corrected chi connectivity index (χ4v) is 2.48. The molecule has 28 heavy (non-hydrogen) atoms. The zero-order valence-electron chi connectivity index (χ0n) is 15.1. The molecule has 144 valence electrons. The van der Waals surface area contributed by atoms with Crippen molar-refractivity contribution < 1.29 is 18.3 Å². The average Bonchev–Trinajstić information content (AvgIpc) is 2.71. The first-order valence-electron chi connectivity index (χ1n) is 8.50. The van der Waals surface area contributed by atoms with Crippen LogP contribution in [-0.2, 0) is 6.42 Å². The van der Waals surface area contributed by atoms with E-state index in [9.17, 15) is 13.6 Å². The molecule has 0 bridgehead atoms. The number of rotatable bonds is 7. The summed E-state index contributed by atoms with van der Waals surface area (Å²) in [6.07, 6.45) is 3.23. The summed E-state index contributed by atoms with van der Waals surface area (Å²) in [7, 11) is 1.60. The first-order valence-corrected chi connectivity index (χ1v) is 8.50. The van der Waals surface area contributed by atoms with Crippen molar-refractivity contribution in [3.8, 4) is 5.75 Å². The summed E-state index contributed by atoms with van der Waals surface area (Å²) in [5, 5.41) is 5.45. The molecule has 8 heteroatoms. The zero-order chi connectivity index (χ0) is 19.9. The van der Waals surface area contributed by atoms with Gasteiger partial charge >= 0.3 is 0 Å². The van der Waals surface area contributed by atoms with Crippen LogP contribution in [0, 0.1) is 11.6 Å². The van der Waals surface area contributed by atoms with Crippen molar-refractivity contribution in [2.24, 2.45) is 0 Å². The van der Waals surface area contributed by atoms with Crippen LogP contribution in [0.2, 0.25) is 0 Å². The summed E-state index contributed by atoms with van der Waals surface area (Å²) in [5.41, 5.74) is 1.23. The number of hydrogen-bond acceptors (Lipinski definition) is 5. The first kappa shape index (κ1) is 19.2. The Kier molecular flexibility index (Phi) is 6.11. The first-order chi connectivity index (χ1) is 13.5. The summed E-state index contributed by atoms with van der Waals surface area (Å²) in [5.74, 6) is -0.792. The second-order valence-electron chi connectivity index (χ2n) is 5.89. The third kappa shape index (κ3) is 5.00. The quantitative estimate of drug-likeness (QED) is 0.652. The molecule has 2 N–H and O–H groups in total. The molecule has 0 aliphatic rings. The highest BCUT2D eigenvalue weighted by Crippen LogP contribution is 2.19. The molecular formula is C20H18F2N4O2. The van der Waals surface area contributed by atoms with Crippen LogP contribution in [0.3, 0.4) is 0 Å². The fraction of sp³-hybridized carbons (Fsp3) is 0.150. The van der Waals surface area contributed by atoms with E-state index < -0.39 is 11.6 Å². The molecule has 1 aromatic heterocycles. The van der Waals surface area contributed by atoms with Gasteiger partial charge < -0.3 is 15.4 Å². The van der Waals surface area contributed by atoms with Crippen molar-refractivity contribution in [2.75, 3.05) is 19.0 Å². The number of hydrogen-bond donors (Lipinski definition) is 2. The van der Waals surface area contributed by atoms with Gasteiger partial charge in [-0.1, -0.05) is 12.1 Å². The Morgan fingerprint density at radius 3 is 2.68 bits per heavy atom. The molecule has 0 atom stereocenters. The van der Waals surface area contributed by atoms with Gasteiger partial charge in [-0.05, 0) is 36.2 Å². The Balaban J connectivity index is 1.54. The van der Waals surface area contributed by atoms with Crippen LogP contribution in [0.4, 0.5) is 20.3 Å². The van der Waals surface area contributed by atoms with E-state index in [-0.39, 0.29) is 23.1 Å². The van der Waals surface area contributed by atoms with Gasteiger partial charge in [-0.25, -0.2) is 18.7 Å². The molecule has 0 radical (unpaired) electrons. The van der Waals surface area contributed by atoms with Crippen molar-refractivity contribution >= 4 is 17.4 Å². The van der Waals surface area contributed by atoms with Gasteiger partial charge in [0.15, 0.2) is 0 Å². The summed E-state index contributed by atoms with van der Waals surface area (Å²) >= 11 is 0. The smallest absolute Gasteiger partial charge is 0.271 e. The molecule has 0 saturated carbocycles. The van der Waals surface area contributed by atoms with Gasteiger partial charge in [-0.3, -0.25) is 4.79 Å². The predicted octanol–water partition coefficient (Wildman–Crippen LogP) is 3.48. The molecule has 2 aromatic carbocycles. The molecule has 0 spiro atoms. The Morgan fingerprint density at radius 1 is 1.11 bits per heavy atom. The second-order valence-corrected chi connectivity index (χ2v) is 5.89. The van der Waals surface area contributed by atoms with E-state index in [1.54, 1.807) is 7.11 Å². The van der Waals surface area contributed by atoms with Gasteiger partial charge in [0.1, 0.15) is 28.9 Å². The van der Waals surface area contributed by atoms with Crippen LogP contribution in [0.1, 0.15) is 16.1 Å². The maximum atomic E-state index is 13.6. The minimum atomic E-state index is -0.749. The van der Waals surface area contributed by atoms with Crippen molar-refractivity contribution in [3.63, 3.8) is 0 Å². The van der Waals surface area contributed by atoms with Crippen LogP contribution in [-0.4, -0.2) is 29.5 Å².